The van der Waals surface area contributed by atoms with Crippen LogP contribution in [0.1, 0.15) is 67.4 Å². The first-order valence-electron chi connectivity index (χ1n) is 20.8. The van der Waals surface area contributed by atoms with Crippen molar-refractivity contribution < 1.29 is 51.2 Å². The van der Waals surface area contributed by atoms with Gasteiger partial charge in [-0.3, -0.25) is 43.6 Å². The van der Waals surface area contributed by atoms with Gasteiger partial charge < -0.3 is 14.4 Å². The Labute approximate surface area is 404 Å². The maximum absolute atomic E-state index is 14.3. The number of carbonyl (C=O) groups excluding carboxylic acids is 5. The number of alkyl halides is 1. The number of sulfone groups is 1. The number of rotatable bonds is 14. The number of benzene rings is 3. The number of hydrogen-bond acceptors (Lipinski definition) is 15. The van der Waals surface area contributed by atoms with E-state index in [0.717, 1.165) is 89.7 Å². The summed E-state index contributed by atoms with van der Waals surface area (Å²) in [7, 11) is -0.763. The second-order valence-electron chi connectivity index (χ2n) is 15.2. The Balaban J connectivity index is 0.000000222. The fourth-order valence-electron chi connectivity index (χ4n) is 7.21. The lowest BCUT2D eigenvalue weighted by Gasteiger charge is -2.31. The molecular weight excluding hydrogens is 977 g/mol. The quantitative estimate of drug-likeness (QED) is 0.0235. The van der Waals surface area contributed by atoms with Crippen molar-refractivity contribution in [3.8, 4) is 0 Å². The van der Waals surface area contributed by atoms with Gasteiger partial charge >= 0.3 is 10.8 Å². The van der Waals surface area contributed by atoms with Crippen LogP contribution in [0.3, 0.4) is 0 Å². The summed E-state index contributed by atoms with van der Waals surface area (Å²) >= 11 is 13.9. The van der Waals surface area contributed by atoms with Crippen molar-refractivity contribution in [2.45, 2.75) is 88.2 Å². The maximum atomic E-state index is 14.3. The van der Waals surface area contributed by atoms with Crippen molar-refractivity contribution >= 4 is 102 Å². The Kier molecular flexibility index (Phi) is 20.2. The Morgan fingerprint density at radius 3 is 2.28 bits per heavy atom. The molecule has 0 saturated heterocycles. The van der Waals surface area contributed by atoms with Gasteiger partial charge in [0.25, 0.3) is 5.69 Å². The number of ether oxygens (including phenoxy) is 2. The zero-order chi connectivity index (χ0) is 49.7. The van der Waals surface area contributed by atoms with Gasteiger partial charge in [-0.05, 0) is 86.3 Å². The molecule has 23 heteroatoms. The number of Topliss-reactive ketones (excluding diaryl/α,β-unsaturated/α-hetero) is 3. The molecule has 1 atom stereocenters. The number of fused-ring (bicyclic) bond motifs is 1. The van der Waals surface area contributed by atoms with Crippen LogP contribution in [0.4, 0.5) is 21.5 Å². The minimum absolute atomic E-state index is 0.0223. The highest BCUT2D eigenvalue weighted by molar-refractivity contribution is 8.00. The predicted molar refractivity (Wildman–Crippen MR) is 253 cm³/mol. The highest BCUT2D eigenvalue weighted by Crippen LogP contribution is 2.34. The molecule has 1 fully saturated rings. The number of thioether (sulfide) groups is 1. The third kappa shape index (κ3) is 14.0. The zero-order valence-corrected chi connectivity index (χ0v) is 41.5. The number of halogens is 3. The lowest BCUT2D eigenvalue weighted by molar-refractivity contribution is -0.385. The molecule has 3 aromatic carbocycles. The van der Waals surface area contributed by atoms with Crippen LogP contribution in [-0.2, 0) is 58.0 Å². The number of anilines is 1. The lowest BCUT2D eigenvalue weighted by atomic mass is 9.81. The molecule has 0 bridgehead atoms. The number of nitro benzene ring substituents is 1. The predicted octanol–water partition coefficient (Wildman–Crippen LogP) is 7.08. The van der Waals surface area contributed by atoms with Crippen molar-refractivity contribution in [1.29, 1.82) is 0 Å². The molecule has 17 nitrogen and oxygen atoms in total. The molecule has 0 N–H and O–H groups in total. The van der Waals surface area contributed by atoms with Crippen LogP contribution < -0.4 is 14.6 Å². The van der Waals surface area contributed by atoms with E-state index in [1.165, 1.54) is 13.2 Å². The third-order valence-electron chi connectivity index (χ3n) is 10.5. The van der Waals surface area contributed by atoms with Crippen LogP contribution in [0.2, 0.25) is 5.02 Å². The molecule has 1 aromatic heterocycles. The van der Waals surface area contributed by atoms with E-state index < -0.39 is 61.1 Å². The van der Waals surface area contributed by atoms with Crippen molar-refractivity contribution in [1.82, 2.24) is 9.36 Å². The number of carbonyl (C=O) groups is 5. The Morgan fingerprint density at radius 2 is 1.70 bits per heavy atom. The van der Waals surface area contributed by atoms with Crippen molar-refractivity contribution in [2.24, 2.45) is 10.9 Å². The topological polar surface area (TPSA) is 224 Å². The SMILES string of the molecule is CCc1cccc(C)c1N(C(=O)CCl)C(C)COC.COC(=O)CSc1cc(/N=c2\sc(=O)n3n2CCCC3)c(F)cc1Cl.CS(=O)(=O)c1ccc(C(=O)C2C(=O)CCCC2=O)c([N+](=O)[O-])c1. The second-order valence-corrected chi connectivity index (χ2v) is 19.9. The Bertz CT molecular complexity index is 2760. The van der Waals surface area contributed by atoms with E-state index in [1.54, 1.807) is 21.4 Å². The highest BCUT2D eigenvalue weighted by Gasteiger charge is 2.39. The first-order valence-corrected chi connectivity index (χ1v) is 25.4. The lowest BCUT2D eigenvalue weighted by Crippen LogP contribution is -2.43. The Hall–Kier alpha value is -5.06. The molecule has 1 unspecified atom stereocenters. The number of aryl methyl sites for hydroxylation is 2. The number of para-hydroxylation sites is 1. The van der Waals surface area contributed by atoms with Crippen molar-refractivity contribution in [3.05, 3.63) is 101 Å². The van der Waals surface area contributed by atoms with Crippen LogP contribution in [0, 0.1) is 28.8 Å². The molecule has 1 aliphatic carbocycles. The van der Waals surface area contributed by atoms with Gasteiger partial charge in [0.1, 0.15) is 23.3 Å². The number of ketones is 3. The number of nitro groups is 1. The minimum Gasteiger partial charge on any atom is -0.468 e. The first kappa shape index (κ1) is 54.5. The Morgan fingerprint density at radius 1 is 1.04 bits per heavy atom. The molecule has 0 spiro atoms. The monoisotopic (exact) mass is 1030 g/mol. The summed E-state index contributed by atoms with van der Waals surface area (Å²) in [5.41, 5.74) is 2.13. The van der Waals surface area contributed by atoms with E-state index in [1.807, 2.05) is 26.0 Å². The summed E-state index contributed by atoms with van der Waals surface area (Å²) in [5.74, 6) is -4.65. The highest BCUT2D eigenvalue weighted by atomic mass is 35.5. The van der Waals surface area contributed by atoms with E-state index in [4.69, 9.17) is 27.9 Å². The normalized spacial score (nSPS) is 14.5. The fraction of sp³-hybridized carbons (Fsp3) is 0.432. The molecule has 67 heavy (non-hydrogen) atoms. The van der Waals surface area contributed by atoms with E-state index in [2.05, 4.69) is 22.7 Å². The standard InChI is InChI=1S/C15H15ClFN3O3S2.C15H22ClNO2.C14H13NO7S/c1-23-13(21)8-24-12-7-11(10(17)6-9(12)16)18-14-19-4-2-3-5-20(19)15(22)25-14;1-5-13-8-6-7-11(2)15(13)17(14(18)9-16)12(3)10-19-4;1-23(21,22)8-5-6-9(10(7-8)15(19)20)14(18)13-11(16)3-2-4-12(13)17/h6-7H,2-5,8H2,1H3;6-8,12H,5,9-10H2,1-4H3;5-7,13H,2-4H2,1H3/b18-14-;;. The average molecular weight is 1030 g/mol. The van der Waals surface area contributed by atoms with Gasteiger partial charge in [0, 0.05) is 50.3 Å². The minimum atomic E-state index is -3.70. The van der Waals surface area contributed by atoms with Gasteiger partial charge in [0.15, 0.2) is 27.2 Å². The number of amides is 1. The van der Waals surface area contributed by atoms with Crippen LogP contribution in [0.25, 0.3) is 0 Å². The van der Waals surface area contributed by atoms with E-state index >= 15 is 0 Å². The summed E-state index contributed by atoms with van der Waals surface area (Å²) < 4.78 is 50.4. The molecule has 362 valence electrons. The van der Waals surface area contributed by atoms with E-state index in [-0.39, 0.29) is 56.9 Å². The van der Waals surface area contributed by atoms with Crippen LogP contribution in [-0.4, -0.2) is 96.7 Å². The van der Waals surface area contributed by atoms with Gasteiger partial charge in [-0.1, -0.05) is 36.7 Å². The number of methoxy groups -OCH3 is 2. The van der Waals surface area contributed by atoms with E-state index in [0.29, 0.717) is 35.8 Å². The summed E-state index contributed by atoms with van der Waals surface area (Å²) in [6, 6.07) is 11.5. The smallest absolute Gasteiger partial charge is 0.325 e. The van der Waals surface area contributed by atoms with Crippen LogP contribution in [0.5, 0.6) is 0 Å². The number of aromatic nitrogens is 2. The number of hydrogen-bond donors (Lipinski definition) is 0. The zero-order valence-electron chi connectivity index (χ0n) is 37.5. The van der Waals surface area contributed by atoms with Crippen molar-refractivity contribution in [3.63, 3.8) is 0 Å². The van der Waals surface area contributed by atoms with Gasteiger partial charge in [0.05, 0.1) is 51.6 Å². The average Bonchev–Trinajstić information content (AvgIpc) is 3.61. The van der Waals surface area contributed by atoms with Crippen molar-refractivity contribution in [2.75, 3.05) is 43.6 Å². The molecule has 6 rings (SSSR count). The summed E-state index contributed by atoms with van der Waals surface area (Å²) in [5, 5.41) is 11.3. The summed E-state index contributed by atoms with van der Waals surface area (Å²) in [6.07, 6.45) is 4.14. The molecule has 1 aliphatic heterocycles. The molecule has 1 amide bonds. The molecule has 4 aromatic rings. The second kappa shape index (κ2) is 24.8. The summed E-state index contributed by atoms with van der Waals surface area (Å²) in [6.45, 7) is 7.88. The molecule has 1 saturated carbocycles. The van der Waals surface area contributed by atoms with Crippen LogP contribution >= 0.6 is 46.3 Å². The van der Waals surface area contributed by atoms with Crippen LogP contribution in [0.15, 0.2) is 68.1 Å². The largest absolute Gasteiger partial charge is 0.468 e. The molecular formula is C44H50Cl2FN5O12S3. The van der Waals surface area contributed by atoms with E-state index in [9.17, 15) is 51.7 Å². The van der Waals surface area contributed by atoms with Gasteiger partial charge in [0.2, 0.25) is 10.7 Å². The molecule has 2 heterocycles. The maximum Gasteiger partial charge on any atom is 0.325 e. The summed E-state index contributed by atoms with van der Waals surface area (Å²) in [4.78, 5) is 88.4. The van der Waals surface area contributed by atoms with Gasteiger partial charge in [-0.25, -0.2) is 22.5 Å². The molecule has 0 radical (unpaired) electrons. The molecule has 2 aliphatic rings. The fourth-order valence-corrected chi connectivity index (χ4v) is 9.96. The first-order chi connectivity index (χ1) is 31.7. The van der Waals surface area contributed by atoms with Gasteiger partial charge in [-0.2, -0.15) is 0 Å². The third-order valence-corrected chi connectivity index (χ3v) is 14.1. The van der Waals surface area contributed by atoms with Gasteiger partial charge in [-0.15, -0.1) is 23.4 Å². The number of nitrogens with zero attached hydrogens (tertiary/aromatic N) is 5. The number of esters is 1.